The first-order valence-corrected chi connectivity index (χ1v) is 6.57. The molecule has 1 aliphatic rings. The van der Waals surface area contributed by atoms with E-state index in [1.807, 2.05) is 0 Å². The minimum absolute atomic E-state index is 0.423. The maximum atomic E-state index is 5.50. The zero-order valence-corrected chi connectivity index (χ0v) is 11.4. The fourth-order valence-corrected chi connectivity index (χ4v) is 1.96. The quantitative estimate of drug-likeness (QED) is 0.293. The predicted octanol–water partition coefficient (Wildman–Crippen LogP) is 0.678. The molecule has 1 aliphatic carbocycles. The van der Waals surface area contributed by atoms with Crippen LogP contribution in [0.2, 0.25) is 0 Å². The smallest absolute Gasteiger partial charge is 0.206 e. The molecule has 1 atom stereocenters. The summed E-state index contributed by atoms with van der Waals surface area (Å²) >= 11 is 0. The molecule has 17 heavy (non-hydrogen) atoms. The van der Waals surface area contributed by atoms with Crippen LogP contribution in [0.5, 0.6) is 0 Å². The zero-order valence-electron chi connectivity index (χ0n) is 11.4. The van der Waals surface area contributed by atoms with Crippen molar-refractivity contribution in [2.45, 2.75) is 51.1 Å². The van der Waals surface area contributed by atoms with Crippen LogP contribution in [-0.4, -0.2) is 43.6 Å². The number of likely N-dealkylation sites (N-methyl/N-ethyl adjacent to an activating group) is 1. The van der Waals surface area contributed by atoms with Gasteiger partial charge in [-0.05, 0) is 33.9 Å². The summed E-state index contributed by atoms with van der Waals surface area (Å²) < 4.78 is 0. The van der Waals surface area contributed by atoms with Gasteiger partial charge in [0.25, 0.3) is 0 Å². The molecule has 4 N–H and O–H groups in total. The molecule has 0 bridgehead atoms. The molecule has 100 valence electrons. The third-order valence-corrected chi connectivity index (χ3v) is 3.48. The molecule has 0 saturated heterocycles. The fraction of sp³-hybridized carbons (Fsp3) is 0.917. The van der Waals surface area contributed by atoms with Gasteiger partial charge in [-0.3, -0.25) is 10.4 Å². The summed E-state index contributed by atoms with van der Waals surface area (Å²) in [6.45, 7) is 2.91. The molecule has 0 aromatic rings. The van der Waals surface area contributed by atoms with E-state index in [-0.39, 0.29) is 0 Å². The van der Waals surface area contributed by atoms with Crippen molar-refractivity contribution in [3.8, 4) is 0 Å². The Labute approximate surface area is 105 Å². The molecule has 1 unspecified atom stereocenters. The first-order chi connectivity index (χ1) is 8.13. The molecular formula is C12H27N5. The van der Waals surface area contributed by atoms with Crippen LogP contribution in [0.25, 0.3) is 0 Å². The monoisotopic (exact) mass is 241 g/mol. The molecule has 0 radical (unpaired) electrons. The fourth-order valence-electron chi connectivity index (χ4n) is 1.96. The average molecular weight is 241 g/mol. The van der Waals surface area contributed by atoms with Crippen molar-refractivity contribution in [1.82, 2.24) is 15.6 Å². The third-order valence-electron chi connectivity index (χ3n) is 3.48. The van der Waals surface area contributed by atoms with E-state index in [1.165, 1.54) is 32.1 Å². The van der Waals surface area contributed by atoms with Crippen LogP contribution < -0.4 is 16.6 Å². The van der Waals surface area contributed by atoms with Gasteiger partial charge in [-0.25, -0.2) is 5.84 Å². The second-order valence-electron chi connectivity index (χ2n) is 5.13. The minimum atomic E-state index is 0.423. The van der Waals surface area contributed by atoms with E-state index in [0.29, 0.717) is 12.1 Å². The number of hydrogen-bond acceptors (Lipinski definition) is 3. The molecule has 1 saturated carbocycles. The van der Waals surface area contributed by atoms with Gasteiger partial charge in [-0.15, -0.1) is 0 Å². The Morgan fingerprint density at radius 1 is 1.35 bits per heavy atom. The van der Waals surface area contributed by atoms with Crippen LogP contribution in [0.3, 0.4) is 0 Å². The number of rotatable bonds is 4. The summed E-state index contributed by atoms with van der Waals surface area (Å²) in [5.74, 6) is 6.22. The largest absolute Gasteiger partial charge is 0.353 e. The molecule has 5 nitrogen and oxygen atoms in total. The van der Waals surface area contributed by atoms with Crippen LogP contribution in [0, 0.1) is 0 Å². The van der Waals surface area contributed by atoms with Gasteiger partial charge in [0.2, 0.25) is 5.96 Å². The number of nitrogens with zero attached hydrogens (tertiary/aromatic N) is 2. The van der Waals surface area contributed by atoms with E-state index in [0.717, 1.165) is 12.5 Å². The highest BCUT2D eigenvalue weighted by atomic mass is 15.3. The number of nitrogens with two attached hydrogens (primary N) is 1. The molecule has 0 aliphatic heterocycles. The topological polar surface area (TPSA) is 65.7 Å². The molecule has 1 rings (SSSR count). The summed E-state index contributed by atoms with van der Waals surface area (Å²) in [4.78, 5) is 6.64. The van der Waals surface area contributed by atoms with Crippen molar-refractivity contribution in [2.24, 2.45) is 10.8 Å². The molecule has 0 heterocycles. The Balaban J connectivity index is 2.38. The third kappa shape index (κ3) is 5.37. The number of hydrazine groups is 1. The molecule has 0 aromatic heterocycles. The van der Waals surface area contributed by atoms with Gasteiger partial charge in [-0.1, -0.05) is 19.3 Å². The standard InChI is InChI=1S/C12H27N5/c1-10(17(2)3)9-14-12(16-13)15-11-7-5-4-6-8-11/h10-11H,4-9,13H2,1-3H3,(H2,14,15,16). The highest BCUT2D eigenvalue weighted by Crippen LogP contribution is 2.17. The van der Waals surface area contributed by atoms with Gasteiger partial charge in [0.1, 0.15) is 0 Å². The van der Waals surface area contributed by atoms with E-state index in [4.69, 9.17) is 5.84 Å². The van der Waals surface area contributed by atoms with Crippen molar-refractivity contribution in [3.05, 3.63) is 0 Å². The zero-order chi connectivity index (χ0) is 12.7. The van der Waals surface area contributed by atoms with Crippen molar-refractivity contribution in [1.29, 1.82) is 0 Å². The van der Waals surface area contributed by atoms with Crippen LogP contribution in [-0.2, 0) is 0 Å². The highest BCUT2D eigenvalue weighted by Gasteiger charge is 2.14. The molecule has 0 aromatic carbocycles. The summed E-state index contributed by atoms with van der Waals surface area (Å²) in [7, 11) is 4.12. The van der Waals surface area contributed by atoms with Crippen LogP contribution in [0.1, 0.15) is 39.0 Å². The maximum absolute atomic E-state index is 5.50. The van der Waals surface area contributed by atoms with Gasteiger partial charge in [-0.2, -0.15) is 0 Å². The molecule has 0 amide bonds. The summed E-state index contributed by atoms with van der Waals surface area (Å²) in [6, 6.07) is 0.958. The molecule has 5 heteroatoms. The lowest BCUT2D eigenvalue weighted by molar-refractivity contribution is 0.320. The Morgan fingerprint density at radius 3 is 2.53 bits per heavy atom. The Morgan fingerprint density at radius 2 is 2.00 bits per heavy atom. The van der Waals surface area contributed by atoms with Crippen molar-refractivity contribution in [3.63, 3.8) is 0 Å². The van der Waals surface area contributed by atoms with Gasteiger partial charge in [0, 0.05) is 12.1 Å². The minimum Gasteiger partial charge on any atom is -0.353 e. The molecule has 0 spiro atoms. The lowest BCUT2D eigenvalue weighted by Crippen LogP contribution is -2.47. The van der Waals surface area contributed by atoms with Crippen LogP contribution in [0.15, 0.2) is 4.99 Å². The number of guanidine groups is 1. The summed E-state index contributed by atoms with van der Waals surface area (Å²) in [5.41, 5.74) is 2.66. The van der Waals surface area contributed by atoms with E-state index >= 15 is 0 Å². The van der Waals surface area contributed by atoms with Crippen molar-refractivity contribution < 1.29 is 0 Å². The van der Waals surface area contributed by atoms with Gasteiger partial charge in [0.15, 0.2) is 0 Å². The van der Waals surface area contributed by atoms with Gasteiger partial charge < -0.3 is 10.2 Å². The average Bonchev–Trinajstić information content (AvgIpc) is 2.35. The summed E-state index contributed by atoms with van der Waals surface area (Å²) in [5, 5.41) is 3.40. The van der Waals surface area contributed by atoms with Gasteiger partial charge >= 0.3 is 0 Å². The SMILES string of the molecule is CC(CN=C(NN)NC1CCCCC1)N(C)C. The van der Waals surface area contributed by atoms with Gasteiger partial charge in [0.05, 0.1) is 6.54 Å². The normalized spacial score (nSPS) is 20.4. The number of nitrogens with one attached hydrogen (secondary N) is 2. The Bertz CT molecular complexity index is 233. The van der Waals surface area contributed by atoms with Crippen molar-refractivity contribution in [2.75, 3.05) is 20.6 Å². The lowest BCUT2D eigenvalue weighted by Gasteiger charge is -2.25. The maximum Gasteiger partial charge on any atom is 0.206 e. The first-order valence-electron chi connectivity index (χ1n) is 6.57. The number of hydrogen-bond donors (Lipinski definition) is 3. The number of aliphatic imine (C=N–C) groups is 1. The Hall–Kier alpha value is -0.810. The van der Waals surface area contributed by atoms with E-state index in [9.17, 15) is 0 Å². The molecule has 1 fully saturated rings. The van der Waals surface area contributed by atoms with Crippen LogP contribution >= 0.6 is 0 Å². The second kappa shape index (κ2) is 7.50. The molecular weight excluding hydrogens is 214 g/mol. The first kappa shape index (κ1) is 14.3. The second-order valence-corrected chi connectivity index (χ2v) is 5.13. The van der Waals surface area contributed by atoms with E-state index in [2.05, 4.69) is 41.7 Å². The van der Waals surface area contributed by atoms with E-state index in [1.54, 1.807) is 0 Å². The van der Waals surface area contributed by atoms with E-state index < -0.39 is 0 Å². The van der Waals surface area contributed by atoms with Crippen molar-refractivity contribution >= 4 is 5.96 Å². The lowest BCUT2D eigenvalue weighted by atomic mass is 9.96. The highest BCUT2D eigenvalue weighted by molar-refractivity contribution is 5.79. The van der Waals surface area contributed by atoms with Crippen LogP contribution in [0.4, 0.5) is 0 Å². The Kier molecular flexibility index (Phi) is 6.29. The predicted molar refractivity (Wildman–Crippen MR) is 72.8 cm³/mol. The summed E-state index contributed by atoms with van der Waals surface area (Å²) in [6.07, 6.45) is 6.43.